The van der Waals surface area contributed by atoms with E-state index in [0.717, 1.165) is 30.7 Å². The normalized spacial score (nSPS) is 20.8. The Balaban J connectivity index is 1.90. The van der Waals surface area contributed by atoms with Gasteiger partial charge in [-0.2, -0.15) is 0 Å². The van der Waals surface area contributed by atoms with E-state index in [-0.39, 0.29) is 6.10 Å². The van der Waals surface area contributed by atoms with Crippen LogP contribution in [0.4, 0.5) is 5.69 Å². The Morgan fingerprint density at radius 1 is 1.47 bits per heavy atom. The van der Waals surface area contributed by atoms with Gasteiger partial charge in [-0.25, -0.2) is 0 Å². The Hall–Kier alpha value is -0.580. The van der Waals surface area contributed by atoms with Crippen LogP contribution in [0.5, 0.6) is 0 Å². The molecule has 2 rings (SSSR count). The van der Waals surface area contributed by atoms with Crippen LogP contribution in [-0.2, 0) is 4.74 Å². The van der Waals surface area contributed by atoms with E-state index >= 15 is 0 Å². The van der Waals surface area contributed by atoms with Gasteiger partial charge in [-0.15, -0.1) is 0 Å². The standard InChI is InChI=1S/C15H23BrN2O/c1-11(2)18-7-8-19-13(10-18)9-17-15-6-4-5-14(16)12(15)3/h4-6,11,13,17H,7-10H2,1-3H3. The molecule has 19 heavy (non-hydrogen) atoms. The van der Waals surface area contributed by atoms with Crippen LogP contribution in [0, 0.1) is 6.92 Å². The lowest BCUT2D eigenvalue weighted by atomic mass is 10.2. The van der Waals surface area contributed by atoms with Crippen molar-refractivity contribution >= 4 is 21.6 Å². The second-order valence-corrected chi connectivity index (χ2v) is 6.23. The van der Waals surface area contributed by atoms with Gasteiger partial charge in [0.2, 0.25) is 0 Å². The molecule has 3 nitrogen and oxygen atoms in total. The van der Waals surface area contributed by atoms with Gasteiger partial charge >= 0.3 is 0 Å². The molecule has 0 aromatic heterocycles. The van der Waals surface area contributed by atoms with E-state index < -0.39 is 0 Å². The van der Waals surface area contributed by atoms with Gasteiger partial charge < -0.3 is 10.1 Å². The number of hydrogen-bond donors (Lipinski definition) is 1. The minimum Gasteiger partial charge on any atom is -0.382 e. The minimum atomic E-state index is 0.273. The number of nitrogens with one attached hydrogen (secondary N) is 1. The van der Waals surface area contributed by atoms with E-state index in [2.05, 4.69) is 65.1 Å². The third-order valence-corrected chi connectivity index (χ3v) is 4.55. The van der Waals surface area contributed by atoms with Gasteiger partial charge in [-0.3, -0.25) is 4.90 Å². The van der Waals surface area contributed by atoms with Crippen LogP contribution >= 0.6 is 15.9 Å². The van der Waals surface area contributed by atoms with Crippen molar-refractivity contribution in [3.63, 3.8) is 0 Å². The number of halogens is 1. The summed E-state index contributed by atoms with van der Waals surface area (Å²) in [5, 5.41) is 3.50. The fourth-order valence-corrected chi connectivity index (χ4v) is 2.72. The molecule has 0 bridgehead atoms. The van der Waals surface area contributed by atoms with Gasteiger partial charge in [0.05, 0.1) is 12.7 Å². The number of benzene rings is 1. The van der Waals surface area contributed by atoms with E-state index in [1.165, 1.54) is 11.3 Å². The molecule has 1 aromatic carbocycles. The summed E-state index contributed by atoms with van der Waals surface area (Å²) in [7, 11) is 0. The average Bonchev–Trinajstić information content (AvgIpc) is 2.41. The third kappa shape index (κ3) is 3.94. The maximum atomic E-state index is 5.83. The molecule has 0 amide bonds. The summed E-state index contributed by atoms with van der Waals surface area (Å²) in [4.78, 5) is 2.48. The molecule has 0 aliphatic carbocycles. The fraction of sp³-hybridized carbons (Fsp3) is 0.600. The number of ether oxygens (including phenoxy) is 1. The van der Waals surface area contributed by atoms with Gasteiger partial charge in [0.1, 0.15) is 0 Å². The van der Waals surface area contributed by atoms with Crippen molar-refractivity contribution in [2.45, 2.75) is 32.9 Å². The summed E-state index contributed by atoms with van der Waals surface area (Å²) in [5.74, 6) is 0. The SMILES string of the molecule is Cc1c(Br)cccc1NCC1CN(C(C)C)CCO1. The zero-order valence-electron chi connectivity index (χ0n) is 11.9. The zero-order valence-corrected chi connectivity index (χ0v) is 13.5. The maximum Gasteiger partial charge on any atom is 0.0874 e. The van der Waals surface area contributed by atoms with Crippen molar-refractivity contribution in [2.24, 2.45) is 0 Å². The molecule has 4 heteroatoms. The molecule has 0 saturated carbocycles. The Morgan fingerprint density at radius 3 is 3.00 bits per heavy atom. The summed E-state index contributed by atoms with van der Waals surface area (Å²) in [6.07, 6.45) is 0.273. The number of rotatable bonds is 4. The predicted octanol–water partition coefficient (Wildman–Crippen LogP) is 3.28. The van der Waals surface area contributed by atoms with E-state index in [1.807, 2.05) is 0 Å². The highest BCUT2D eigenvalue weighted by atomic mass is 79.9. The summed E-state index contributed by atoms with van der Waals surface area (Å²) < 4.78 is 6.98. The molecular weight excluding hydrogens is 304 g/mol. The molecule has 106 valence electrons. The highest BCUT2D eigenvalue weighted by Gasteiger charge is 2.22. The van der Waals surface area contributed by atoms with Crippen molar-refractivity contribution in [1.29, 1.82) is 0 Å². The molecule has 1 heterocycles. The van der Waals surface area contributed by atoms with Gasteiger partial charge in [-0.05, 0) is 38.5 Å². The number of morpholine rings is 1. The van der Waals surface area contributed by atoms with Crippen LogP contribution in [-0.4, -0.2) is 43.3 Å². The first-order valence-electron chi connectivity index (χ1n) is 6.92. The number of anilines is 1. The second kappa shape index (κ2) is 6.73. The molecular formula is C15H23BrN2O. The van der Waals surface area contributed by atoms with E-state index in [4.69, 9.17) is 4.74 Å². The second-order valence-electron chi connectivity index (χ2n) is 5.37. The van der Waals surface area contributed by atoms with Gasteiger partial charge in [0, 0.05) is 35.8 Å². The molecule has 1 atom stereocenters. The van der Waals surface area contributed by atoms with Crippen molar-refractivity contribution in [2.75, 3.05) is 31.6 Å². The summed E-state index contributed by atoms with van der Waals surface area (Å²) in [6, 6.07) is 6.84. The molecule has 1 saturated heterocycles. The Labute approximate surface area is 124 Å². The van der Waals surface area contributed by atoms with Crippen LogP contribution < -0.4 is 5.32 Å². The van der Waals surface area contributed by atoms with Crippen LogP contribution in [0.2, 0.25) is 0 Å². The summed E-state index contributed by atoms with van der Waals surface area (Å²) in [5.41, 5.74) is 2.43. The highest BCUT2D eigenvalue weighted by molar-refractivity contribution is 9.10. The van der Waals surface area contributed by atoms with Crippen LogP contribution in [0.25, 0.3) is 0 Å². The van der Waals surface area contributed by atoms with E-state index in [9.17, 15) is 0 Å². The first-order valence-corrected chi connectivity index (χ1v) is 7.72. The largest absolute Gasteiger partial charge is 0.382 e. The first kappa shape index (κ1) is 14.8. The average molecular weight is 327 g/mol. The van der Waals surface area contributed by atoms with Crippen LogP contribution in [0.1, 0.15) is 19.4 Å². The lowest BCUT2D eigenvalue weighted by Crippen LogP contribution is -2.48. The lowest BCUT2D eigenvalue weighted by molar-refractivity contribution is -0.0315. The molecule has 1 aromatic rings. The molecule has 1 aliphatic heterocycles. The van der Waals surface area contributed by atoms with E-state index in [0.29, 0.717) is 6.04 Å². The highest BCUT2D eigenvalue weighted by Crippen LogP contribution is 2.23. The minimum absolute atomic E-state index is 0.273. The van der Waals surface area contributed by atoms with Crippen molar-refractivity contribution in [1.82, 2.24) is 4.90 Å². The lowest BCUT2D eigenvalue weighted by Gasteiger charge is -2.35. The van der Waals surface area contributed by atoms with Crippen molar-refractivity contribution < 1.29 is 4.74 Å². The Bertz CT molecular complexity index is 423. The zero-order chi connectivity index (χ0) is 13.8. The van der Waals surface area contributed by atoms with Gasteiger partial charge in [-0.1, -0.05) is 22.0 Å². The smallest absolute Gasteiger partial charge is 0.0874 e. The van der Waals surface area contributed by atoms with Crippen molar-refractivity contribution in [3.05, 3.63) is 28.2 Å². The van der Waals surface area contributed by atoms with Crippen LogP contribution in [0.15, 0.2) is 22.7 Å². The monoisotopic (exact) mass is 326 g/mol. The Morgan fingerprint density at radius 2 is 2.26 bits per heavy atom. The molecule has 1 unspecified atom stereocenters. The molecule has 0 radical (unpaired) electrons. The third-order valence-electron chi connectivity index (χ3n) is 3.69. The summed E-state index contributed by atoms with van der Waals surface area (Å²) >= 11 is 3.56. The molecule has 1 aliphatic rings. The van der Waals surface area contributed by atoms with Crippen molar-refractivity contribution in [3.8, 4) is 0 Å². The Kier molecular flexibility index (Phi) is 5.25. The number of hydrogen-bond acceptors (Lipinski definition) is 3. The molecule has 1 N–H and O–H groups in total. The van der Waals surface area contributed by atoms with E-state index in [1.54, 1.807) is 0 Å². The van der Waals surface area contributed by atoms with Crippen LogP contribution in [0.3, 0.4) is 0 Å². The van der Waals surface area contributed by atoms with Gasteiger partial charge in [0.25, 0.3) is 0 Å². The predicted molar refractivity (Wildman–Crippen MR) is 83.8 cm³/mol. The molecule has 1 fully saturated rings. The quantitative estimate of drug-likeness (QED) is 0.918. The first-order chi connectivity index (χ1) is 9.08. The fourth-order valence-electron chi connectivity index (χ4n) is 2.36. The summed E-state index contributed by atoms with van der Waals surface area (Å²) in [6.45, 7) is 10.4. The topological polar surface area (TPSA) is 24.5 Å². The number of nitrogens with zero attached hydrogens (tertiary/aromatic N) is 1. The molecule has 0 spiro atoms. The maximum absolute atomic E-state index is 5.83. The van der Waals surface area contributed by atoms with Gasteiger partial charge in [0.15, 0.2) is 0 Å².